The Morgan fingerprint density at radius 3 is 2.31 bits per heavy atom. The molecule has 0 bridgehead atoms. The van der Waals surface area contributed by atoms with Gasteiger partial charge in [0.25, 0.3) is 0 Å². The minimum absolute atomic E-state index is 0.0116. The summed E-state index contributed by atoms with van der Waals surface area (Å²) in [6.07, 6.45) is 2.02. The third kappa shape index (κ3) is 7.95. The second-order valence-electron chi connectivity index (χ2n) is 8.03. The van der Waals surface area contributed by atoms with Crippen molar-refractivity contribution in [3.05, 3.63) is 71.8 Å². The van der Waals surface area contributed by atoms with Crippen LogP contribution in [-0.4, -0.2) is 35.4 Å². The Kier molecular flexibility index (Phi) is 10.1. The molecular weight excluding hydrogens is 480 g/mol. The molecule has 0 atom stereocenters. The Hall–Kier alpha value is -3.65. The van der Waals surface area contributed by atoms with E-state index in [1.165, 1.54) is 24.8 Å². The summed E-state index contributed by atoms with van der Waals surface area (Å²) >= 11 is 1.52. The molecule has 3 rings (SSSR count). The number of aromatic hydroxyl groups is 1. The highest BCUT2D eigenvalue weighted by molar-refractivity contribution is 7.99. The van der Waals surface area contributed by atoms with E-state index in [2.05, 4.69) is 0 Å². The standard InChI is InChI=1S/C28H30O7S/c1-3-7-23-24(14-15-25(28(23)32)35-19(2)29)34-17-6-16-33-21-10-12-22(13-11-21)36-26-9-5-4-8-20(26)18-27(30)31/h4-5,8-15,32H,3,6-7,16-18H2,1-2H3,(H,30,31). The number of rotatable bonds is 13. The number of hydrogen-bond acceptors (Lipinski definition) is 7. The van der Waals surface area contributed by atoms with Gasteiger partial charge in [0.2, 0.25) is 0 Å². The molecule has 0 heterocycles. The number of aliphatic carboxylic acids is 1. The van der Waals surface area contributed by atoms with Crippen LogP contribution in [-0.2, 0) is 22.4 Å². The Balaban J connectivity index is 1.49. The van der Waals surface area contributed by atoms with E-state index < -0.39 is 11.9 Å². The van der Waals surface area contributed by atoms with Gasteiger partial charge in [-0.3, -0.25) is 9.59 Å². The van der Waals surface area contributed by atoms with Crippen molar-refractivity contribution in [3.63, 3.8) is 0 Å². The van der Waals surface area contributed by atoms with Gasteiger partial charge in [-0.1, -0.05) is 43.3 Å². The molecule has 0 unspecified atom stereocenters. The number of phenols is 1. The Labute approximate surface area is 215 Å². The predicted octanol–water partition coefficient (Wildman–Crippen LogP) is 5.90. The summed E-state index contributed by atoms with van der Waals surface area (Å²) in [6.45, 7) is 4.14. The highest BCUT2D eigenvalue weighted by atomic mass is 32.2. The summed E-state index contributed by atoms with van der Waals surface area (Å²) in [6, 6.07) is 18.4. The van der Waals surface area contributed by atoms with Crippen LogP contribution in [0.15, 0.2) is 70.5 Å². The molecule has 0 spiro atoms. The second-order valence-corrected chi connectivity index (χ2v) is 9.15. The van der Waals surface area contributed by atoms with Crippen molar-refractivity contribution in [2.45, 2.75) is 49.3 Å². The van der Waals surface area contributed by atoms with Gasteiger partial charge in [-0.15, -0.1) is 0 Å². The molecule has 0 radical (unpaired) electrons. The van der Waals surface area contributed by atoms with Crippen molar-refractivity contribution in [2.75, 3.05) is 13.2 Å². The average molecular weight is 511 g/mol. The quantitative estimate of drug-likeness (QED) is 0.167. The first kappa shape index (κ1) is 26.9. The predicted molar refractivity (Wildman–Crippen MR) is 137 cm³/mol. The Bertz CT molecular complexity index is 1180. The van der Waals surface area contributed by atoms with Crippen LogP contribution in [0.2, 0.25) is 0 Å². The maximum absolute atomic E-state index is 11.2. The molecule has 0 aliphatic heterocycles. The van der Waals surface area contributed by atoms with Crippen LogP contribution < -0.4 is 14.2 Å². The average Bonchev–Trinajstić information content (AvgIpc) is 2.84. The molecule has 7 nitrogen and oxygen atoms in total. The summed E-state index contributed by atoms with van der Waals surface area (Å²) in [7, 11) is 0. The van der Waals surface area contributed by atoms with E-state index in [-0.39, 0.29) is 17.9 Å². The van der Waals surface area contributed by atoms with E-state index in [1.807, 2.05) is 55.5 Å². The first-order chi connectivity index (χ1) is 17.4. The van der Waals surface area contributed by atoms with Crippen LogP contribution in [0.25, 0.3) is 0 Å². The number of carbonyl (C=O) groups excluding carboxylic acids is 1. The first-order valence-corrected chi connectivity index (χ1v) is 12.6. The van der Waals surface area contributed by atoms with Crippen LogP contribution in [0.4, 0.5) is 0 Å². The zero-order valence-corrected chi connectivity index (χ0v) is 21.2. The van der Waals surface area contributed by atoms with Crippen LogP contribution in [0.1, 0.15) is 37.8 Å². The molecule has 2 N–H and O–H groups in total. The fourth-order valence-electron chi connectivity index (χ4n) is 3.53. The monoisotopic (exact) mass is 510 g/mol. The van der Waals surface area contributed by atoms with Gasteiger partial charge in [-0.25, -0.2) is 0 Å². The lowest BCUT2D eigenvalue weighted by Crippen LogP contribution is -2.07. The van der Waals surface area contributed by atoms with Crippen LogP contribution in [0.5, 0.6) is 23.0 Å². The summed E-state index contributed by atoms with van der Waals surface area (Å²) in [5, 5.41) is 19.6. The van der Waals surface area contributed by atoms with Crippen LogP contribution in [0.3, 0.4) is 0 Å². The number of carboxylic acid groups (broad SMARTS) is 1. The maximum Gasteiger partial charge on any atom is 0.308 e. The molecule has 0 saturated carbocycles. The summed E-state index contributed by atoms with van der Waals surface area (Å²) < 4.78 is 16.7. The number of hydrogen-bond donors (Lipinski definition) is 2. The van der Waals surface area contributed by atoms with Gasteiger partial charge in [0.1, 0.15) is 11.5 Å². The second kappa shape index (κ2) is 13.4. The van der Waals surface area contributed by atoms with Gasteiger partial charge >= 0.3 is 11.9 Å². The molecule has 3 aromatic carbocycles. The molecule has 0 saturated heterocycles. The van der Waals surface area contributed by atoms with Crippen molar-refractivity contribution in [3.8, 4) is 23.0 Å². The van der Waals surface area contributed by atoms with E-state index in [9.17, 15) is 14.7 Å². The zero-order chi connectivity index (χ0) is 25.9. The van der Waals surface area contributed by atoms with Crippen molar-refractivity contribution >= 4 is 23.7 Å². The summed E-state index contributed by atoms with van der Waals surface area (Å²) in [5.41, 5.74) is 1.40. The van der Waals surface area contributed by atoms with E-state index >= 15 is 0 Å². The third-order valence-electron chi connectivity index (χ3n) is 5.14. The first-order valence-electron chi connectivity index (χ1n) is 11.7. The Morgan fingerprint density at radius 1 is 0.917 bits per heavy atom. The maximum atomic E-state index is 11.2. The third-order valence-corrected chi connectivity index (χ3v) is 6.26. The molecule has 8 heteroatoms. The Morgan fingerprint density at radius 2 is 1.61 bits per heavy atom. The molecular formula is C28H30O7S. The molecule has 0 aliphatic carbocycles. The van der Waals surface area contributed by atoms with E-state index in [1.54, 1.807) is 6.07 Å². The molecule has 0 amide bonds. The largest absolute Gasteiger partial charge is 0.504 e. The van der Waals surface area contributed by atoms with Crippen molar-refractivity contribution < 1.29 is 34.0 Å². The van der Waals surface area contributed by atoms with Gasteiger partial charge in [0.15, 0.2) is 11.5 Å². The minimum atomic E-state index is -0.854. The number of phenolic OH excluding ortho intramolecular Hbond substituents is 1. The SMILES string of the molecule is CCCc1c(OCCCOc2ccc(Sc3ccccc3CC(=O)O)cc2)ccc(OC(C)=O)c1O. The highest BCUT2D eigenvalue weighted by Gasteiger charge is 2.15. The number of carboxylic acids is 1. The van der Waals surface area contributed by atoms with Crippen molar-refractivity contribution in [1.29, 1.82) is 0 Å². The lowest BCUT2D eigenvalue weighted by atomic mass is 10.1. The molecule has 190 valence electrons. The number of benzene rings is 3. The van der Waals surface area contributed by atoms with Gasteiger partial charge in [0.05, 0.1) is 19.6 Å². The van der Waals surface area contributed by atoms with Crippen molar-refractivity contribution in [2.24, 2.45) is 0 Å². The number of carbonyl (C=O) groups is 2. The molecule has 0 aromatic heterocycles. The van der Waals surface area contributed by atoms with Crippen LogP contribution in [0, 0.1) is 0 Å². The van der Waals surface area contributed by atoms with E-state index in [0.29, 0.717) is 37.4 Å². The highest BCUT2D eigenvalue weighted by Crippen LogP contribution is 2.37. The van der Waals surface area contributed by atoms with Gasteiger partial charge in [-0.2, -0.15) is 0 Å². The molecule has 0 aliphatic rings. The van der Waals surface area contributed by atoms with Crippen molar-refractivity contribution in [1.82, 2.24) is 0 Å². The minimum Gasteiger partial charge on any atom is -0.504 e. The molecule has 3 aromatic rings. The fraction of sp³-hybridized carbons (Fsp3) is 0.286. The lowest BCUT2D eigenvalue weighted by molar-refractivity contribution is -0.136. The zero-order valence-electron chi connectivity index (χ0n) is 20.4. The number of ether oxygens (including phenoxy) is 3. The van der Waals surface area contributed by atoms with Gasteiger partial charge in [0, 0.05) is 28.7 Å². The normalized spacial score (nSPS) is 10.6. The van der Waals surface area contributed by atoms with E-state index in [0.717, 1.165) is 27.5 Å². The fourth-order valence-corrected chi connectivity index (χ4v) is 4.48. The summed E-state index contributed by atoms with van der Waals surface area (Å²) in [5.74, 6) is 0.0161. The number of esters is 1. The lowest BCUT2D eigenvalue weighted by Gasteiger charge is -2.15. The van der Waals surface area contributed by atoms with Crippen LogP contribution >= 0.6 is 11.8 Å². The topological polar surface area (TPSA) is 102 Å². The molecule has 0 fully saturated rings. The van der Waals surface area contributed by atoms with Gasteiger partial charge < -0.3 is 24.4 Å². The smallest absolute Gasteiger partial charge is 0.308 e. The molecule has 36 heavy (non-hydrogen) atoms. The van der Waals surface area contributed by atoms with Gasteiger partial charge in [-0.05, 0) is 54.4 Å². The summed E-state index contributed by atoms with van der Waals surface area (Å²) in [4.78, 5) is 24.2. The van der Waals surface area contributed by atoms with E-state index in [4.69, 9.17) is 19.3 Å².